The molecule has 0 saturated carbocycles. The third kappa shape index (κ3) is 5.49. The van der Waals surface area contributed by atoms with E-state index >= 15 is 0 Å². The Morgan fingerprint density at radius 1 is 1.24 bits per heavy atom. The normalized spacial score (nSPS) is 15.0. The van der Waals surface area contributed by atoms with Crippen molar-refractivity contribution >= 4 is 22.4 Å². The first-order chi connectivity index (χ1) is 18.4. The summed E-state index contributed by atoms with van der Waals surface area (Å²) in [6.45, 7) is 1.91. The second-order valence-electron chi connectivity index (χ2n) is 8.72. The van der Waals surface area contributed by atoms with Crippen LogP contribution in [0.2, 0.25) is 0 Å². The summed E-state index contributed by atoms with van der Waals surface area (Å²) < 4.78 is 22.6. The van der Waals surface area contributed by atoms with Crippen LogP contribution >= 0.6 is 11.3 Å². The third-order valence-electron chi connectivity index (χ3n) is 6.13. The molecule has 12 heteroatoms. The number of nitrogens with zero attached hydrogens (tertiary/aromatic N) is 5. The summed E-state index contributed by atoms with van der Waals surface area (Å²) in [6, 6.07) is 5.47. The van der Waals surface area contributed by atoms with Crippen LogP contribution in [0, 0.1) is 17.7 Å². The molecule has 1 aliphatic rings. The number of methoxy groups -OCH3 is 1. The average molecular weight is 534 g/mol. The van der Waals surface area contributed by atoms with Gasteiger partial charge in [0.15, 0.2) is 5.01 Å². The summed E-state index contributed by atoms with van der Waals surface area (Å²) in [6.07, 6.45) is 7.27. The van der Waals surface area contributed by atoms with E-state index in [4.69, 9.17) is 4.74 Å². The minimum Gasteiger partial charge on any atom is -0.496 e. The monoisotopic (exact) mass is 533 g/mol. The summed E-state index contributed by atoms with van der Waals surface area (Å²) >= 11 is 1.10. The summed E-state index contributed by atoms with van der Waals surface area (Å²) in [5.74, 6) is 5.23. The van der Waals surface area contributed by atoms with E-state index < -0.39 is 17.3 Å². The number of carbonyl (C=O) groups excluding carboxylic acids is 1. The Balaban J connectivity index is 1.36. The van der Waals surface area contributed by atoms with Gasteiger partial charge >= 0.3 is 0 Å². The van der Waals surface area contributed by atoms with Gasteiger partial charge in [0, 0.05) is 43.2 Å². The second-order valence-corrected chi connectivity index (χ2v) is 9.70. The number of hydrogen-bond donors (Lipinski definition) is 2. The highest BCUT2D eigenvalue weighted by Crippen LogP contribution is 2.33. The van der Waals surface area contributed by atoms with Crippen LogP contribution in [0.15, 0.2) is 47.7 Å². The Morgan fingerprint density at radius 2 is 2.11 bits per heavy atom. The average Bonchev–Trinajstić information content (AvgIpc) is 3.59. The van der Waals surface area contributed by atoms with E-state index in [1.807, 2.05) is 10.9 Å². The van der Waals surface area contributed by atoms with Gasteiger partial charge in [-0.1, -0.05) is 17.3 Å². The Kier molecular flexibility index (Phi) is 7.30. The molecular formula is C26H24FN7O3S. The lowest BCUT2D eigenvalue weighted by Crippen LogP contribution is -2.31. The minimum absolute atomic E-state index is 0.0458. The van der Waals surface area contributed by atoms with Gasteiger partial charge in [0.2, 0.25) is 5.13 Å². The number of nitrogens with one attached hydrogen (secondary N) is 2. The highest BCUT2D eigenvalue weighted by molar-refractivity contribution is 7.15. The first kappa shape index (κ1) is 25.3. The van der Waals surface area contributed by atoms with Crippen molar-refractivity contribution in [3.8, 4) is 28.7 Å². The molecule has 4 heterocycles. The lowest BCUT2D eigenvalue weighted by atomic mass is 10.00. The van der Waals surface area contributed by atoms with E-state index in [9.17, 15) is 14.0 Å². The van der Waals surface area contributed by atoms with Crippen LogP contribution in [0.5, 0.6) is 5.75 Å². The zero-order valence-corrected chi connectivity index (χ0v) is 21.5. The number of aryl methyl sites for hydroxylation is 1. The maximum atomic E-state index is 14.1. The highest BCUT2D eigenvalue weighted by Gasteiger charge is 2.20. The predicted octanol–water partition coefficient (Wildman–Crippen LogP) is 2.82. The minimum atomic E-state index is -0.595. The maximum absolute atomic E-state index is 14.1. The van der Waals surface area contributed by atoms with Gasteiger partial charge in [0.05, 0.1) is 30.5 Å². The highest BCUT2D eigenvalue weighted by atomic mass is 32.1. The van der Waals surface area contributed by atoms with Crippen molar-refractivity contribution in [3.63, 3.8) is 0 Å². The molecule has 0 radical (unpaired) electrons. The molecule has 1 unspecified atom stereocenters. The Labute approximate surface area is 221 Å². The molecule has 1 atom stereocenters. The van der Waals surface area contributed by atoms with Crippen molar-refractivity contribution in [2.45, 2.75) is 18.9 Å². The molecule has 1 fully saturated rings. The fourth-order valence-electron chi connectivity index (χ4n) is 4.20. The number of anilines is 1. The molecule has 1 amide bonds. The molecule has 38 heavy (non-hydrogen) atoms. The third-order valence-corrected chi connectivity index (χ3v) is 6.88. The molecule has 1 aromatic carbocycles. The smallest absolute Gasteiger partial charge is 0.258 e. The SMILES string of the molecule is COc1ccc(F)cc1-c1cn(C)c(=O)cc1C(=O)Nc1nnc(C#Cc2cnn(C3CCCNC3)c2)s1. The predicted molar refractivity (Wildman–Crippen MR) is 141 cm³/mol. The van der Waals surface area contributed by atoms with Crippen LogP contribution in [0.4, 0.5) is 9.52 Å². The van der Waals surface area contributed by atoms with Crippen LogP contribution in [0.3, 0.4) is 0 Å². The molecule has 4 aromatic rings. The van der Waals surface area contributed by atoms with Gasteiger partial charge < -0.3 is 14.6 Å². The first-order valence-corrected chi connectivity index (χ1v) is 12.7. The molecule has 0 spiro atoms. The number of ether oxygens (including phenoxy) is 1. The van der Waals surface area contributed by atoms with Crippen LogP contribution in [0.25, 0.3) is 11.1 Å². The molecule has 3 aromatic heterocycles. The number of piperidine rings is 1. The van der Waals surface area contributed by atoms with Crippen molar-refractivity contribution in [1.29, 1.82) is 0 Å². The van der Waals surface area contributed by atoms with Crippen LogP contribution < -0.4 is 20.9 Å². The standard InChI is InChI=1S/C26H24FN7O3S/c1-33-15-21(19-10-17(27)6-7-22(19)37-2)20(11-24(33)35)25(36)30-26-32-31-23(38-26)8-5-16-12-29-34(14-16)18-4-3-9-28-13-18/h6-7,10-12,14-15,18,28H,3-4,9,13H2,1-2H3,(H,30,32,36). The molecule has 10 nitrogen and oxygen atoms in total. The van der Waals surface area contributed by atoms with Crippen molar-refractivity contribution < 1.29 is 13.9 Å². The number of aromatic nitrogens is 5. The lowest BCUT2D eigenvalue weighted by molar-refractivity contribution is 0.102. The van der Waals surface area contributed by atoms with Crippen molar-refractivity contribution in [2.75, 3.05) is 25.5 Å². The van der Waals surface area contributed by atoms with Crippen molar-refractivity contribution in [2.24, 2.45) is 7.05 Å². The number of carbonyl (C=O) groups is 1. The largest absolute Gasteiger partial charge is 0.496 e. The van der Waals surface area contributed by atoms with Gasteiger partial charge in [0.1, 0.15) is 11.6 Å². The molecule has 1 aliphatic heterocycles. The molecule has 0 bridgehead atoms. The van der Waals surface area contributed by atoms with E-state index in [1.54, 1.807) is 13.2 Å². The molecule has 0 aliphatic carbocycles. The van der Waals surface area contributed by atoms with E-state index in [0.29, 0.717) is 27.9 Å². The summed E-state index contributed by atoms with van der Waals surface area (Å²) in [5.41, 5.74) is 1.06. The van der Waals surface area contributed by atoms with Gasteiger partial charge in [-0.25, -0.2) is 4.39 Å². The Bertz CT molecular complexity index is 1610. The van der Waals surface area contributed by atoms with Gasteiger partial charge in [-0.05, 0) is 43.5 Å². The molecule has 1 saturated heterocycles. The Hall–Kier alpha value is -4.34. The van der Waals surface area contributed by atoms with Gasteiger partial charge in [0.25, 0.3) is 11.5 Å². The molecular weight excluding hydrogens is 509 g/mol. The van der Waals surface area contributed by atoms with Crippen molar-refractivity contribution in [3.05, 3.63) is 75.2 Å². The van der Waals surface area contributed by atoms with Crippen LogP contribution in [-0.4, -0.2) is 50.7 Å². The quantitative estimate of drug-likeness (QED) is 0.379. The van der Waals surface area contributed by atoms with Crippen molar-refractivity contribution in [1.82, 2.24) is 29.9 Å². The number of amides is 1. The lowest BCUT2D eigenvalue weighted by Gasteiger charge is -2.22. The maximum Gasteiger partial charge on any atom is 0.258 e. The first-order valence-electron chi connectivity index (χ1n) is 11.9. The number of rotatable bonds is 5. The second kappa shape index (κ2) is 11.0. The number of pyridine rings is 1. The van der Waals surface area contributed by atoms with Crippen LogP contribution in [-0.2, 0) is 7.05 Å². The van der Waals surface area contributed by atoms with E-state index in [1.165, 1.54) is 42.1 Å². The molecule has 194 valence electrons. The topological polar surface area (TPSA) is 116 Å². The van der Waals surface area contributed by atoms with Gasteiger partial charge in [-0.2, -0.15) is 5.10 Å². The van der Waals surface area contributed by atoms with Gasteiger partial charge in [-0.3, -0.25) is 19.6 Å². The number of benzene rings is 1. The number of halogens is 1. The summed E-state index contributed by atoms with van der Waals surface area (Å²) in [4.78, 5) is 25.5. The summed E-state index contributed by atoms with van der Waals surface area (Å²) in [7, 11) is 2.99. The van der Waals surface area contributed by atoms with Crippen LogP contribution in [0.1, 0.15) is 39.8 Å². The zero-order chi connectivity index (χ0) is 26.6. The molecule has 5 rings (SSSR count). The number of hydrogen-bond acceptors (Lipinski definition) is 8. The van der Waals surface area contributed by atoms with Gasteiger partial charge in [-0.15, -0.1) is 10.2 Å². The fraction of sp³-hybridized carbons (Fsp3) is 0.269. The Morgan fingerprint density at radius 3 is 2.89 bits per heavy atom. The van der Waals surface area contributed by atoms with E-state index in [-0.39, 0.29) is 10.7 Å². The molecule has 2 N–H and O–H groups in total. The summed E-state index contributed by atoms with van der Waals surface area (Å²) in [5, 5.41) is 19.1. The zero-order valence-electron chi connectivity index (χ0n) is 20.7. The van der Waals surface area contributed by atoms with E-state index in [0.717, 1.165) is 42.8 Å². The van der Waals surface area contributed by atoms with E-state index in [2.05, 4.69) is 37.8 Å². The fourth-order valence-corrected chi connectivity index (χ4v) is 4.79.